The van der Waals surface area contributed by atoms with Crippen LogP contribution in [0.15, 0.2) is 72.8 Å². The average Bonchev–Trinajstić information content (AvgIpc) is 3.20. The molecule has 0 aromatic heterocycles. The van der Waals surface area contributed by atoms with E-state index in [1.807, 2.05) is 48.5 Å². The second-order valence-corrected chi connectivity index (χ2v) is 8.36. The fourth-order valence-corrected chi connectivity index (χ4v) is 4.45. The molecule has 0 fully saturated rings. The number of ketones is 1. The first-order chi connectivity index (χ1) is 16.6. The minimum Gasteiger partial charge on any atom is -0.449 e. The van der Waals surface area contributed by atoms with Crippen LogP contribution in [-0.4, -0.2) is 30.9 Å². The zero-order valence-electron chi connectivity index (χ0n) is 19.1. The molecule has 34 heavy (non-hydrogen) atoms. The molecule has 2 amide bonds. The Hall–Kier alpha value is -3.93. The van der Waals surface area contributed by atoms with Crippen LogP contribution in [0, 0.1) is 0 Å². The number of nitrogens with one attached hydrogen (secondary N) is 2. The Balaban J connectivity index is 1.30. The normalized spacial score (nSPS) is 12.9. The molecule has 3 aromatic rings. The minimum absolute atomic E-state index is 0.00639. The standard InChI is InChI=1S/C28H28N2O4/c1-2-27(32)26(30-18-31)15-19-11-13-20(14-12-19)16-29-28(33)34-17-25-23-9-5-3-7-21(23)22-8-4-6-10-24(22)25/h3-14,18,25-26H,2,15-17H2,1H3,(H,29,33)(H,30,31)/t26-/m0/s1. The first kappa shape index (κ1) is 23.2. The van der Waals surface area contributed by atoms with E-state index in [0.717, 1.165) is 11.1 Å². The number of Topliss-reactive ketones (excluding diaryl/α,β-unsaturated/α-hetero) is 1. The molecule has 0 bridgehead atoms. The van der Waals surface area contributed by atoms with Gasteiger partial charge >= 0.3 is 6.09 Å². The quantitative estimate of drug-likeness (QED) is 0.444. The monoisotopic (exact) mass is 456 g/mol. The minimum atomic E-state index is -0.521. The summed E-state index contributed by atoms with van der Waals surface area (Å²) in [6.07, 6.45) is 0.902. The van der Waals surface area contributed by atoms with Gasteiger partial charge in [-0.15, -0.1) is 0 Å². The van der Waals surface area contributed by atoms with Crippen LogP contribution in [-0.2, 0) is 27.3 Å². The summed E-state index contributed by atoms with van der Waals surface area (Å²) in [4.78, 5) is 35.1. The molecule has 0 spiro atoms. The smallest absolute Gasteiger partial charge is 0.407 e. The number of carbonyl (C=O) groups excluding carboxylic acids is 3. The van der Waals surface area contributed by atoms with Crippen molar-refractivity contribution in [1.29, 1.82) is 0 Å². The van der Waals surface area contributed by atoms with Crippen LogP contribution in [0.5, 0.6) is 0 Å². The predicted molar refractivity (Wildman–Crippen MR) is 130 cm³/mol. The lowest BCUT2D eigenvalue weighted by Crippen LogP contribution is -2.37. The fraction of sp³-hybridized carbons (Fsp3) is 0.250. The highest BCUT2D eigenvalue weighted by Crippen LogP contribution is 2.44. The maximum absolute atomic E-state index is 12.4. The number of fused-ring (bicyclic) bond motifs is 3. The summed E-state index contributed by atoms with van der Waals surface area (Å²) in [5, 5.41) is 5.39. The van der Waals surface area contributed by atoms with Crippen LogP contribution in [0.3, 0.4) is 0 Å². The van der Waals surface area contributed by atoms with Crippen molar-refractivity contribution in [1.82, 2.24) is 10.6 Å². The van der Waals surface area contributed by atoms with E-state index < -0.39 is 12.1 Å². The van der Waals surface area contributed by atoms with Crippen LogP contribution in [0.4, 0.5) is 4.79 Å². The molecule has 1 atom stereocenters. The van der Waals surface area contributed by atoms with Gasteiger partial charge in [0.2, 0.25) is 6.41 Å². The second kappa shape index (κ2) is 10.8. The van der Waals surface area contributed by atoms with E-state index in [9.17, 15) is 14.4 Å². The highest BCUT2D eigenvalue weighted by Gasteiger charge is 2.28. The Morgan fingerprint density at radius 3 is 2.09 bits per heavy atom. The molecule has 1 aliphatic rings. The lowest BCUT2D eigenvalue weighted by Gasteiger charge is -2.15. The van der Waals surface area contributed by atoms with Gasteiger partial charge in [-0.1, -0.05) is 79.7 Å². The third kappa shape index (κ3) is 5.17. The number of alkyl carbamates (subject to hydrolysis) is 1. The SMILES string of the molecule is CCC(=O)[C@H](Cc1ccc(CNC(=O)OCC2c3ccccc3-c3ccccc32)cc1)NC=O. The van der Waals surface area contributed by atoms with Crippen molar-refractivity contribution in [3.63, 3.8) is 0 Å². The number of hydrogen-bond donors (Lipinski definition) is 2. The summed E-state index contributed by atoms with van der Waals surface area (Å²) in [5.41, 5.74) is 6.59. The van der Waals surface area contributed by atoms with Crippen LogP contribution in [0.1, 0.15) is 41.5 Å². The molecule has 3 aromatic carbocycles. The maximum Gasteiger partial charge on any atom is 0.407 e. The Morgan fingerprint density at radius 1 is 0.912 bits per heavy atom. The van der Waals surface area contributed by atoms with E-state index in [0.29, 0.717) is 25.8 Å². The summed E-state index contributed by atoms with van der Waals surface area (Å²) in [6, 6.07) is 23.5. The molecule has 174 valence electrons. The topological polar surface area (TPSA) is 84.5 Å². The van der Waals surface area contributed by atoms with Gasteiger partial charge in [0.15, 0.2) is 5.78 Å². The first-order valence-corrected chi connectivity index (χ1v) is 11.5. The van der Waals surface area contributed by atoms with E-state index in [1.54, 1.807) is 6.92 Å². The lowest BCUT2D eigenvalue weighted by atomic mass is 9.98. The number of rotatable bonds is 10. The number of ether oxygens (including phenoxy) is 1. The van der Waals surface area contributed by atoms with Gasteiger partial charge in [-0.3, -0.25) is 9.59 Å². The van der Waals surface area contributed by atoms with E-state index in [-0.39, 0.29) is 18.3 Å². The van der Waals surface area contributed by atoms with Gasteiger partial charge in [-0.05, 0) is 39.8 Å². The molecule has 0 aliphatic heterocycles. The number of hydrogen-bond acceptors (Lipinski definition) is 4. The lowest BCUT2D eigenvalue weighted by molar-refractivity contribution is -0.123. The van der Waals surface area contributed by atoms with Crippen LogP contribution < -0.4 is 10.6 Å². The van der Waals surface area contributed by atoms with Crippen molar-refractivity contribution in [3.05, 3.63) is 95.1 Å². The molecule has 4 rings (SSSR count). The van der Waals surface area contributed by atoms with Gasteiger partial charge < -0.3 is 15.4 Å². The van der Waals surface area contributed by atoms with Gasteiger partial charge in [-0.25, -0.2) is 4.79 Å². The summed E-state index contributed by atoms with van der Waals surface area (Å²) in [7, 11) is 0. The van der Waals surface area contributed by atoms with E-state index in [1.165, 1.54) is 22.3 Å². The molecule has 0 radical (unpaired) electrons. The Morgan fingerprint density at radius 2 is 1.50 bits per heavy atom. The van der Waals surface area contributed by atoms with Gasteiger partial charge in [0.1, 0.15) is 6.61 Å². The zero-order chi connectivity index (χ0) is 23.9. The maximum atomic E-state index is 12.4. The molecule has 1 aliphatic carbocycles. The van der Waals surface area contributed by atoms with Crippen molar-refractivity contribution in [2.75, 3.05) is 6.61 Å². The molecule has 0 heterocycles. The molecule has 2 N–H and O–H groups in total. The summed E-state index contributed by atoms with van der Waals surface area (Å²) in [5.74, 6) is 0.0179. The van der Waals surface area contributed by atoms with E-state index >= 15 is 0 Å². The third-order valence-corrected chi connectivity index (χ3v) is 6.25. The summed E-state index contributed by atoms with van der Waals surface area (Å²) in [6.45, 7) is 2.39. The highest BCUT2D eigenvalue weighted by atomic mass is 16.5. The molecular formula is C28H28N2O4. The average molecular weight is 457 g/mol. The highest BCUT2D eigenvalue weighted by molar-refractivity contribution is 5.85. The second-order valence-electron chi connectivity index (χ2n) is 8.36. The van der Waals surface area contributed by atoms with Crippen molar-refractivity contribution in [3.8, 4) is 11.1 Å². The molecule has 0 saturated carbocycles. The zero-order valence-corrected chi connectivity index (χ0v) is 19.1. The molecule has 6 heteroatoms. The molecule has 0 saturated heterocycles. The van der Waals surface area contributed by atoms with Crippen molar-refractivity contribution < 1.29 is 19.1 Å². The summed E-state index contributed by atoms with van der Waals surface area (Å²) >= 11 is 0. The van der Waals surface area contributed by atoms with Gasteiger partial charge in [0.05, 0.1) is 6.04 Å². The molecule has 6 nitrogen and oxygen atoms in total. The van der Waals surface area contributed by atoms with Crippen molar-refractivity contribution in [2.24, 2.45) is 0 Å². The number of benzene rings is 3. The van der Waals surface area contributed by atoms with Crippen LogP contribution >= 0.6 is 0 Å². The Bertz CT molecular complexity index is 1130. The third-order valence-electron chi connectivity index (χ3n) is 6.25. The van der Waals surface area contributed by atoms with Crippen molar-refractivity contribution >= 4 is 18.3 Å². The Labute approximate surface area is 199 Å². The predicted octanol–water partition coefficient (Wildman–Crippen LogP) is 4.36. The largest absolute Gasteiger partial charge is 0.449 e. The van der Waals surface area contributed by atoms with E-state index in [4.69, 9.17) is 4.74 Å². The van der Waals surface area contributed by atoms with Crippen molar-refractivity contribution in [2.45, 2.75) is 38.3 Å². The number of carbonyl (C=O) groups is 3. The Kier molecular flexibility index (Phi) is 7.38. The molecular weight excluding hydrogens is 428 g/mol. The van der Waals surface area contributed by atoms with Gasteiger partial charge in [-0.2, -0.15) is 0 Å². The fourth-order valence-electron chi connectivity index (χ4n) is 4.45. The molecule has 0 unspecified atom stereocenters. The van der Waals surface area contributed by atoms with Crippen LogP contribution in [0.2, 0.25) is 0 Å². The van der Waals surface area contributed by atoms with Gasteiger partial charge in [0.25, 0.3) is 0 Å². The summed E-state index contributed by atoms with van der Waals surface area (Å²) < 4.78 is 5.57. The van der Waals surface area contributed by atoms with Crippen LogP contribution in [0.25, 0.3) is 11.1 Å². The first-order valence-electron chi connectivity index (χ1n) is 11.5. The van der Waals surface area contributed by atoms with Gasteiger partial charge in [0, 0.05) is 18.9 Å². The van der Waals surface area contributed by atoms with E-state index in [2.05, 4.69) is 34.9 Å². The number of amides is 2.